The molecule has 0 amide bonds. The molecular formula is C19H19BrN6O3. The zero-order valence-electron chi connectivity index (χ0n) is 15.8. The van der Waals surface area contributed by atoms with Gasteiger partial charge in [-0.25, -0.2) is 9.38 Å². The molecule has 0 saturated carbocycles. The summed E-state index contributed by atoms with van der Waals surface area (Å²) in [6, 6.07) is 5.72. The van der Waals surface area contributed by atoms with Crippen molar-refractivity contribution in [1.29, 1.82) is 0 Å². The Morgan fingerprint density at radius 1 is 1.21 bits per heavy atom. The maximum absolute atomic E-state index is 13.2. The van der Waals surface area contributed by atoms with Crippen LogP contribution in [0.25, 0.3) is 16.9 Å². The Hall–Kier alpha value is -2.88. The normalized spacial score (nSPS) is 13.0. The van der Waals surface area contributed by atoms with Crippen LogP contribution >= 0.6 is 15.9 Å². The molecule has 1 N–H and O–H groups in total. The molecule has 150 valence electrons. The van der Waals surface area contributed by atoms with Crippen molar-refractivity contribution >= 4 is 32.9 Å². The molecular weight excluding hydrogens is 440 g/mol. The lowest BCUT2D eigenvalue weighted by Crippen LogP contribution is -2.21. The van der Waals surface area contributed by atoms with Crippen LogP contribution in [0.2, 0.25) is 0 Å². The number of hydrogen-bond donors (Lipinski definition) is 1. The van der Waals surface area contributed by atoms with E-state index in [1.54, 1.807) is 4.40 Å². The highest BCUT2D eigenvalue weighted by Gasteiger charge is 2.20. The number of imidazole rings is 1. The molecule has 29 heavy (non-hydrogen) atoms. The summed E-state index contributed by atoms with van der Waals surface area (Å²) in [7, 11) is 0. The largest absolute Gasteiger partial charge is 0.454 e. The van der Waals surface area contributed by atoms with E-state index in [9.17, 15) is 4.79 Å². The van der Waals surface area contributed by atoms with Crippen molar-refractivity contribution in [3.05, 3.63) is 44.7 Å². The Bertz CT molecular complexity index is 1270. The number of H-pyrrole nitrogens is 1. The number of halogens is 1. The standard InChI is InChI=1S/C19H19BrN6O3/c1-2-3-4-7-25-16-15(21-18(20)22-16)17(27)26-14(23-24-19(25)26)9-11-5-6-12-13(8-11)29-10-28-12/h5-6,8H,2-4,7,9-10H2,1H3,(H,21,22). The predicted molar refractivity (Wildman–Crippen MR) is 109 cm³/mol. The molecule has 1 aromatic carbocycles. The van der Waals surface area contributed by atoms with Crippen LogP contribution in [-0.2, 0) is 13.0 Å². The number of nitrogens with zero attached hydrogens (tertiary/aromatic N) is 5. The molecule has 0 spiro atoms. The van der Waals surface area contributed by atoms with E-state index in [4.69, 9.17) is 9.47 Å². The summed E-state index contributed by atoms with van der Waals surface area (Å²) in [5.74, 6) is 2.50. The quantitative estimate of drug-likeness (QED) is 0.352. The van der Waals surface area contributed by atoms with Gasteiger partial charge >= 0.3 is 0 Å². The van der Waals surface area contributed by atoms with Gasteiger partial charge in [-0.1, -0.05) is 25.8 Å². The summed E-state index contributed by atoms with van der Waals surface area (Å²) in [6.07, 6.45) is 3.61. The van der Waals surface area contributed by atoms with Gasteiger partial charge < -0.3 is 14.5 Å². The van der Waals surface area contributed by atoms with Crippen LogP contribution in [0, 0.1) is 0 Å². The topological polar surface area (TPSA) is 99.3 Å². The maximum atomic E-state index is 13.2. The highest BCUT2D eigenvalue weighted by atomic mass is 79.9. The van der Waals surface area contributed by atoms with Crippen LogP contribution in [0.3, 0.4) is 0 Å². The summed E-state index contributed by atoms with van der Waals surface area (Å²) >= 11 is 3.35. The number of rotatable bonds is 6. The van der Waals surface area contributed by atoms with Crippen LogP contribution in [0.1, 0.15) is 37.6 Å². The molecule has 0 atom stereocenters. The van der Waals surface area contributed by atoms with E-state index < -0.39 is 0 Å². The number of hydrogen-bond acceptors (Lipinski definition) is 6. The first-order chi connectivity index (χ1) is 14.2. The number of ether oxygens (including phenoxy) is 2. The highest BCUT2D eigenvalue weighted by Crippen LogP contribution is 2.33. The molecule has 0 radical (unpaired) electrons. The van der Waals surface area contributed by atoms with Crippen molar-refractivity contribution in [3.8, 4) is 11.5 Å². The molecule has 1 aliphatic heterocycles. The second kappa shape index (κ2) is 7.18. The average molecular weight is 459 g/mol. The molecule has 4 aromatic rings. The molecule has 0 unspecified atom stereocenters. The Labute approximate surface area is 173 Å². The number of fused-ring (bicyclic) bond motifs is 3. The van der Waals surface area contributed by atoms with E-state index in [-0.39, 0.29) is 12.4 Å². The molecule has 0 fully saturated rings. The summed E-state index contributed by atoms with van der Waals surface area (Å²) in [5, 5.41) is 8.66. The SMILES string of the molecule is CCCCCn1c2nc(Br)[nH]c2c(=O)n2c(Cc3ccc4c(c3)OCO4)nnc12. The van der Waals surface area contributed by atoms with E-state index in [2.05, 4.69) is 43.0 Å². The van der Waals surface area contributed by atoms with E-state index >= 15 is 0 Å². The van der Waals surface area contributed by atoms with Gasteiger partial charge in [0.05, 0.1) is 0 Å². The van der Waals surface area contributed by atoms with Gasteiger partial charge in [0.1, 0.15) is 5.82 Å². The third-order valence-corrected chi connectivity index (χ3v) is 5.44. The predicted octanol–water partition coefficient (Wildman–Crippen LogP) is 3.04. The third kappa shape index (κ3) is 3.07. The van der Waals surface area contributed by atoms with Gasteiger partial charge in [-0.05, 0) is 40.0 Å². The molecule has 0 aliphatic carbocycles. The Balaban J connectivity index is 1.63. The maximum Gasteiger partial charge on any atom is 0.286 e. The number of benzene rings is 1. The van der Waals surface area contributed by atoms with Crippen molar-refractivity contribution in [1.82, 2.24) is 29.1 Å². The van der Waals surface area contributed by atoms with Crippen molar-refractivity contribution in [2.24, 2.45) is 0 Å². The van der Waals surface area contributed by atoms with Gasteiger partial charge in [-0.3, -0.25) is 9.36 Å². The molecule has 0 bridgehead atoms. The van der Waals surface area contributed by atoms with Crippen LogP contribution in [0.15, 0.2) is 27.7 Å². The van der Waals surface area contributed by atoms with Crippen LogP contribution in [-0.4, -0.2) is 35.9 Å². The molecule has 9 nitrogen and oxygen atoms in total. The second-order valence-electron chi connectivity index (χ2n) is 7.01. The number of nitrogens with one attached hydrogen (secondary N) is 1. The van der Waals surface area contributed by atoms with Crippen LogP contribution in [0.4, 0.5) is 0 Å². The third-order valence-electron chi connectivity index (χ3n) is 5.07. The Morgan fingerprint density at radius 3 is 2.93 bits per heavy atom. The van der Waals surface area contributed by atoms with E-state index in [0.717, 1.165) is 30.6 Å². The number of aromatic amines is 1. The Kier molecular flexibility index (Phi) is 4.50. The molecule has 4 heterocycles. The lowest BCUT2D eigenvalue weighted by atomic mass is 10.1. The van der Waals surface area contributed by atoms with Crippen molar-refractivity contribution < 1.29 is 9.47 Å². The first-order valence-corrected chi connectivity index (χ1v) is 10.4. The van der Waals surface area contributed by atoms with Gasteiger partial charge in [0.2, 0.25) is 12.6 Å². The van der Waals surface area contributed by atoms with Gasteiger partial charge in [-0.2, -0.15) is 0 Å². The molecule has 3 aromatic heterocycles. The molecule has 1 aliphatic rings. The van der Waals surface area contributed by atoms with E-state index in [1.165, 1.54) is 0 Å². The monoisotopic (exact) mass is 458 g/mol. The molecule has 5 rings (SSSR count). The zero-order chi connectivity index (χ0) is 20.0. The first-order valence-electron chi connectivity index (χ1n) is 9.56. The van der Waals surface area contributed by atoms with Gasteiger partial charge in [0.15, 0.2) is 27.4 Å². The second-order valence-corrected chi connectivity index (χ2v) is 7.76. The molecule has 10 heteroatoms. The fourth-order valence-corrected chi connectivity index (χ4v) is 4.02. The van der Waals surface area contributed by atoms with Crippen molar-refractivity contribution in [3.63, 3.8) is 0 Å². The average Bonchev–Trinajstić information content (AvgIpc) is 3.42. The smallest absolute Gasteiger partial charge is 0.286 e. The Morgan fingerprint density at radius 2 is 2.07 bits per heavy atom. The number of unbranched alkanes of at least 4 members (excludes halogenated alkanes) is 2. The van der Waals surface area contributed by atoms with Crippen molar-refractivity contribution in [2.75, 3.05) is 6.79 Å². The minimum atomic E-state index is -0.208. The fraction of sp³-hybridized carbons (Fsp3) is 0.368. The van der Waals surface area contributed by atoms with E-state index in [0.29, 0.717) is 46.2 Å². The van der Waals surface area contributed by atoms with Gasteiger partial charge in [-0.15, -0.1) is 10.2 Å². The summed E-state index contributed by atoms with van der Waals surface area (Å²) < 4.78 is 14.9. The zero-order valence-corrected chi connectivity index (χ0v) is 17.4. The van der Waals surface area contributed by atoms with Crippen molar-refractivity contribution in [2.45, 2.75) is 39.2 Å². The first kappa shape index (κ1) is 18.2. The minimum Gasteiger partial charge on any atom is -0.454 e. The highest BCUT2D eigenvalue weighted by molar-refractivity contribution is 9.10. The molecule has 0 saturated heterocycles. The van der Waals surface area contributed by atoms with Crippen LogP contribution < -0.4 is 15.0 Å². The summed E-state index contributed by atoms with van der Waals surface area (Å²) in [4.78, 5) is 20.6. The number of aromatic nitrogens is 6. The summed E-state index contributed by atoms with van der Waals surface area (Å²) in [5.41, 5.74) is 1.78. The van der Waals surface area contributed by atoms with E-state index in [1.807, 2.05) is 22.8 Å². The number of aryl methyl sites for hydroxylation is 1. The lowest BCUT2D eigenvalue weighted by molar-refractivity contribution is 0.174. The minimum absolute atomic E-state index is 0.208. The lowest BCUT2D eigenvalue weighted by Gasteiger charge is -2.09. The fourth-order valence-electron chi connectivity index (χ4n) is 3.65. The summed E-state index contributed by atoms with van der Waals surface area (Å²) in [6.45, 7) is 3.09. The van der Waals surface area contributed by atoms with Crippen LogP contribution in [0.5, 0.6) is 11.5 Å². The van der Waals surface area contributed by atoms with Gasteiger partial charge in [0, 0.05) is 13.0 Å². The van der Waals surface area contributed by atoms with Gasteiger partial charge in [0.25, 0.3) is 5.56 Å².